The molecule has 0 saturated carbocycles. The normalized spacial score (nSPS) is 17.1. The van der Waals surface area contributed by atoms with Gasteiger partial charge in [-0.1, -0.05) is 25.6 Å². The summed E-state index contributed by atoms with van der Waals surface area (Å²) in [5, 5.41) is 14.0. The van der Waals surface area contributed by atoms with E-state index in [2.05, 4.69) is 22.3 Å². The minimum Gasteiger partial charge on any atom is -0.382 e. The number of piperidine rings is 2. The summed E-state index contributed by atoms with van der Waals surface area (Å²) in [6.07, 6.45) is -1.62. The fourth-order valence-corrected chi connectivity index (χ4v) is 5.18. The van der Waals surface area contributed by atoms with Crippen LogP contribution in [0.15, 0.2) is 48.5 Å². The molecule has 0 bridgehead atoms. The van der Waals surface area contributed by atoms with Gasteiger partial charge in [0.15, 0.2) is 0 Å². The van der Waals surface area contributed by atoms with E-state index in [1.807, 2.05) is 25.2 Å². The van der Waals surface area contributed by atoms with Crippen molar-refractivity contribution in [3.05, 3.63) is 64.2 Å². The SMILES string of the molecule is C.CN(CC1CCN(c2ccccc2)CC1)C(=O)N1CCC(Nc2ccc([N+](=O)[O-])c(C(F)(F)F)c2)CC1. The molecule has 11 heteroatoms. The highest BCUT2D eigenvalue weighted by Gasteiger charge is 2.38. The van der Waals surface area contributed by atoms with E-state index < -0.39 is 22.4 Å². The highest BCUT2D eigenvalue weighted by atomic mass is 19.4. The van der Waals surface area contributed by atoms with Crippen LogP contribution in [0.3, 0.4) is 0 Å². The molecule has 2 aromatic rings. The van der Waals surface area contributed by atoms with E-state index in [9.17, 15) is 28.1 Å². The molecule has 0 unspecified atom stereocenters. The summed E-state index contributed by atoms with van der Waals surface area (Å²) in [5.41, 5.74) is -0.828. The number of halogens is 3. The lowest BCUT2D eigenvalue weighted by Gasteiger charge is -2.38. The Morgan fingerprint density at radius 1 is 1.05 bits per heavy atom. The van der Waals surface area contributed by atoms with Gasteiger partial charge in [-0.05, 0) is 55.9 Å². The maximum absolute atomic E-state index is 13.3. The van der Waals surface area contributed by atoms with E-state index in [4.69, 9.17) is 0 Å². The van der Waals surface area contributed by atoms with Crippen LogP contribution in [-0.4, -0.2) is 66.6 Å². The van der Waals surface area contributed by atoms with Gasteiger partial charge in [-0.25, -0.2) is 4.79 Å². The summed E-state index contributed by atoms with van der Waals surface area (Å²) in [6.45, 7) is 3.61. The molecule has 2 heterocycles. The Kier molecular flexibility index (Phi) is 9.45. The van der Waals surface area contributed by atoms with Crippen molar-refractivity contribution < 1.29 is 22.9 Å². The molecule has 2 aliphatic heterocycles. The van der Waals surface area contributed by atoms with Crippen molar-refractivity contribution in [2.45, 2.75) is 45.3 Å². The molecular weight excluding hydrogens is 499 g/mol. The van der Waals surface area contributed by atoms with E-state index in [0.717, 1.165) is 38.1 Å². The van der Waals surface area contributed by atoms with Crippen molar-refractivity contribution in [3.8, 4) is 0 Å². The van der Waals surface area contributed by atoms with Gasteiger partial charge in [0.05, 0.1) is 4.92 Å². The highest BCUT2D eigenvalue weighted by Crippen LogP contribution is 2.38. The van der Waals surface area contributed by atoms with E-state index in [0.29, 0.717) is 38.4 Å². The predicted octanol–water partition coefficient (Wildman–Crippen LogP) is 6.09. The summed E-state index contributed by atoms with van der Waals surface area (Å²) >= 11 is 0. The molecule has 2 aromatic carbocycles. The van der Waals surface area contributed by atoms with Crippen molar-refractivity contribution in [2.75, 3.05) is 50.0 Å². The summed E-state index contributed by atoms with van der Waals surface area (Å²) in [6, 6.07) is 13.1. The van der Waals surface area contributed by atoms with Crippen molar-refractivity contribution in [1.29, 1.82) is 0 Å². The number of benzene rings is 2. The Bertz CT molecular complexity index is 1080. The first-order chi connectivity index (χ1) is 17.6. The quantitative estimate of drug-likeness (QED) is 0.357. The molecule has 0 aliphatic carbocycles. The number of hydrogen-bond donors (Lipinski definition) is 1. The second kappa shape index (κ2) is 12.4. The molecule has 4 rings (SSSR count). The number of carbonyl (C=O) groups is 1. The van der Waals surface area contributed by atoms with Crippen LogP contribution in [-0.2, 0) is 6.18 Å². The first-order valence-electron chi connectivity index (χ1n) is 12.5. The number of rotatable bonds is 6. The molecule has 2 amide bonds. The van der Waals surface area contributed by atoms with Gasteiger partial charge in [0.25, 0.3) is 5.69 Å². The number of urea groups is 1. The van der Waals surface area contributed by atoms with Crippen LogP contribution < -0.4 is 10.2 Å². The Hall–Kier alpha value is -3.50. The number of nitro groups is 1. The van der Waals surface area contributed by atoms with E-state index in [-0.39, 0.29) is 25.2 Å². The molecule has 0 radical (unpaired) electrons. The number of anilines is 2. The van der Waals surface area contributed by atoms with Crippen LogP contribution >= 0.6 is 0 Å². The molecule has 208 valence electrons. The number of nitro benzene ring substituents is 1. The summed E-state index contributed by atoms with van der Waals surface area (Å²) in [5.74, 6) is 0.443. The van der Waals surface area contributed by atoms with E-state index in [1.165, 1.54) is 11.8 Å². The highest BCUT2D eigenvalue weighted by molar-refractivity contribution is 5.74. The Morgan fingerprint density at radius 3 is 2.26 bits per heavy atom. The van der Waals surface area contributed by atoms with Crippen LogP contribution in [0.25, 0.3) is 0 Å². The minimum absolute atomic E-state index is 0. The summed E-state index contributed by atoms with van der Waals surface area (Å²) < 4.78 is 39.8. The zero-order valence-corrected chi connectivity index (χ0v) is 20.8. The number of nitrogens with one attached hydrogen (secondary N) is 1. The standard InChI is InChI=1S/C26H32F3N5O3.CH4/c1-31(18-19-9-13-32(14-10-19)22-5-3-2-4-6-22)25(35)33-15-11-20(12-16-33)30-21-7-8-24(34(36)37)23(17-21)26(27,28)29;/h2-8,17,19-20,30H,9-16,18H2,1H3;1H4. The Balaban J connectivity index is 0.00000400. The van der Waals surface area contributed by atoms with Gasteiger partial charge in [0, 0.05) is 63.3 Å². The molecule has 0 aromatic heterocycles. The van der Waals surface area contributed by atoms with Gasteiger partial charge in [-0.15, -0.1) is 0 Å². The topological polar surface area (TPSA) is 82.0 Å². The van der Waals surface area contributed by atoms with Crippen LogP contribution in [0, 0.1) is 16.0 Å². The molecule has 1 N–H and O–H groups in total. The van der Waals surface area contributed by atoms with Gasteiger partial charge in [0.1, 0.15) is 5.56 Å². The third kappa shape index (κ3) is 7.08. The van der Waals surface area contributed by atoms with Crippen molar-refractivity contribution >= 4 is 23.1 Å². The lowest BCUT2D eigenvalue weighted by molar-refractivity contribution is -0.388. The van der Waals surface area contributed by atoms with Gasteiger partial charge in [0.2, 0.25) is 0 Å². The van der Waals surface area contributed by atoms with Gasteiger partial charge in [-0.2, -0.15) is 13.2 Å². The Labute approximate surface area is 221 Å². The molecule has 2 fully saturated rings. The van der Waals surface area contributed by atoms with E-state index in [1.54, 1.807) is 9.80 Å². The molecule has 8 nitrogen and oxygen atoms in total. The number of hydrogen-bond acceptors (Lipinski definition) is 5. The monoisotopic (exact) mass is 535 g/mol. The van der Waals surface area contributed by atoms with Gasteiger partial charge in [-0.3, -0.25) is 10.1 Å². The third-order valence-corrected chi connectivity index (χ3v) is 7.23. The average molecular weight is 536 g/mol. The van der Waals surface area contributed by atoms with Crippen molar-refractivity contribution in [2.24, 2.45) is 5.92 Å². The number of amides is 2. The summed E-state index contributed by atoms with van der Waals surface area (Å²) in [4.78, 5) is 28.9. The molecule has 38 heavy (non-hydrogen) atoms. The average Bonchev–Trinajstić information content (AvgIpc) is 2.89. The summed E-state index contributed by atoms with van der Waals surface area (Å²) in [7, 11) is 1.83. The van der Waals surface area contributed by atoms with E-state index >= 15 is 0 Å². The van der Waals surface area contributed by atoms with Crippen LogP contribution in [0.1, 0.15) is 38.7 Å². The lowest BCUT2D eigenvalue weighted by Crippen LogP contribution is -2.49. The first-order valence-corrected chi connectivity index (χ1v) is 12.5. The fraction of sp³-hybridized carbons (Fsp3) is 0.519. The molecule has 2 aliphatic rings. The third-order valence-electron chi connectivity index (χ3n) is 7.23. The van der Waals surface area contributed by atoms with Crippen molar-refractivity contribution in [3.63, 3.8) is 0 Å². The largest absolute Gasteiger partial charge is 0.423 e. The van der Waals surface area contributed by atoms with Crippen LogP contribution in [0.2, 0.25) is 0 Å². The predicted molar refractivity (Wildman–Crippen MR) is 142 cm³/mol. The second-order valence-corrected chi connectivity index (χ2v) is 9.82. The second-order valence-electron chi connectivity index (χ2n) is 9.82. The Morgan fingerprint density at radius 2 is 1.68 bits per heavy atom. The smallest absolute Gasteiger partial charge is 0.382 e. The minimum atomic E-state index is -4.82. The first kappa shape index (κ1) is 29.1. The fourth-order valence-electron chi connectivity index (χ4n) is 5.18. The molecule has 0 atom stereocenters. The van der Waals surface area contributed by atoms with Crippen LogP contribution in [0.5, 0.6) is 0 Å². The van der Waals surface area contributed by atoms with Crippen molar-refractivity contribution in [1.82, 2.24) is 9.80 Å². The molecular formula is C27H36F3N5O3. The van der Waals surface area contributed by atoms with Crippen LogP contribution in [0.4, 0.5) is 35.0 Å². The lowest BCUT2D eigenvalue weighted by atomic mass is 9.96. The molecule has 2 saturated heterocycles. The molecule has 0 spiro atoms. The number of nitrogens with zero attached hydrogens (tertiary/aromatic N) is 4. The number of para-hydroxylation sites is 1. The zero-order valence-electron chi connectivity index (χ0n) is 20.8. The number of carbonyl (C=O) groups excluding carboxylic acids is 1. The number of alkyl halides is 3. The maximum Gasteiger partial charge on any atom is 0.423 e. The number of likely N-dealkylation sites (tertiary alicyclic amines) is 1. The zero-order chi connectivity index (χ0) is 26.6. The van der Waals surface area contributed by atoms with Gasteiger partial charge < -0.3 is 20.0 Å². The maximum atomic E-state index is 13.3. The van der Waals surface area contributed by atoms with Gasteiger partial charge >= 0.3 is 12.2 Å².